The summed E-state index contributed by atoms with van der Waals surface area (Å²) in [7, 11) is 0. The molecule has 0 aliphatic carbocycles. The van der Waals surface area contributed by atoms with Crippen LogP contribution in [-0.4, -0.2) is 32.3 Å². The average molecular weight is 272 g/mol. The fraction of sp³-hybridized carbons (Fsp3) is 0.538. The van der Waals surface area contributed by atoms with Crippen molar-refractivity contribution in [2.75, 3.05) is 31.1 Å². The summed E-state index contributed by atoms with van der Waals surface area (Å²) in [4.78, 5) is 2.04. The van der Waals surface area contributed by atoms with Gasteiger partial charge in [-0.3, -0.25) is 0 Å². The second-order valence-electron chi connectivity index (χ2n) is 4.87. The van der Waals surface area contributed by atoms with Crippen LogP contribution in [0, 0.1) is 0 Å². The molecular weight excluding hydrogens is 257 g/mol. The van der Waals surface area contributed by atoms with E-state index in [2.05, 4.69) is 5.32 Å². The van der Waals surface area contributed by atoms with Crippen molar-refractivity contribution < 1.29 is 17.9 Å². The number of alkyl halides is 3. The first-order valence-electron chi connectivity index (χ1n) is 6.37. The second kappa shape index (κ2) is 4.59. The van der Waals surface area contributed by atoms with E-state index in [1.165, 1.54) is 12.1 Å². The first-order valence-corrected chi connectivity index (χ1v) is 6.37. The molecule has 1 N–H and O–H groups in total. The molecule has 19 heavy (non-hydrogen) atoms. The number of hydrogen-bond donors (Lipinski definition) is 1. The number of hydrogen-bond acceptors (Lipinski definition) is 3. The van der Waals surface area contributed by atoms with Gasteiger partial charge in [-0.05, 0) is 18.2 Å². The monoisotopic (exact) mass is 272 g/mol. The van der Waals surface area contributed by atoms with E-state index in [0.717, 1.165) is 25.6 Å². The smallest absolute Gasteiger partial charge is 0.416 e. The quantitative estimate of drug-likeness (QED) is 0.784. The lowest BCUT2D eigenvalue weighted by molar-refractivity contribution is -0.137. The van der Waals surface area contributed by atoms with Crippen LogP contribution in [0.5, 0.6) is 5.75 Å². The predicted molar refractivity (Wildman–Crippen MR) is 65.6 cm³/mol. The maximum absolute atomic E-state index is 12.8. The molecule has 1 aromatic rings. The Labute approximate surface area is 109 Å². The van der Waals surface area contributed by atoms with Crippen LogP contribution in [0.3, 0.4) is 0 Å². The maximum Gasteiger partial charge on any atom is 0.416 e. The molecule has 6 heteroatoms. The van der Waals surface area contributed by atoms with Crippen molar-refractivity contribution >= 4 is 5.69 Å². The summed E-state index contributed by atoms with van der Waals surface area (Å²) in [6, 6.07) is 3.93. The van der Waals surface area contributed by atoms with Gasteiger partial charge in [0.2, 0.25) is 0 Å². The van der Waals surface area contributed by atoms with Crippen molar-refractivity contribution in [2.24, 2.45) is 0 Å². The third-order valence-corrected chi connectivity index (χ3v) is 3.65. The molecule has 2 aliphatic heterocycles. The molecule has 1 fully saturated rings. The second-order valence-corrected chi connectivity index (χ2v) is 4.87. The van der Waals surface area contributed by atoms with E-state index in [9.17, 15) is 13.2 Å². The number of fused-ring (bicyclic) bond motifs is 3. The number of halogens is 3. The number of piperazine rings is 1. The zero-order chi connectivity index (χ0) is 13.5. The van der Waals surface area contributed by atoms with Gasteiger partial charge in [-0.1, -0.05) is 0 Å². The molecule has 3 rings (SSSR count). The highest BCUT2D eigenvalue weighted by molar-refractivity contribution is 5.62. The Balaban J connectivity index is 2.02. The highest BCUT2D eigenvalue weighted by atomic mass is 19.4. The lowest BCUT2D eigenvalue weighted by Crippen LogP contribution is -2.51. The van der Waals surface area contributed by atoms with Crippen LogP contribution < -0.4 is 15.0 Å². The summed E-state index contributed by atoms with van der Waals surface area (Å²) in [6.07, 6.45) is -3.49. The number of ether oxygens (including phenoxy) is 1. The standard InChI is InChI=1S/C13H15F3N2O/c14-13(15,16)9-1-2-12-11(7-9)18-5-4-17-8-10(18)3-6-19-12/h1-2,7,10,17H,3-6,8H2. The van der Waals surface area contributed by atoms with Crippen LogP contribution in [-0.2, 0) is 6.18 Å². The molecule has 0 spiro atoms. The van der Waals surface area contributed by atoms with E-state index >= 15 is 0 Å². The molecule has 2 aliphatic rings. The zero-order valence-electron chi connectivity index (χ0n) is 10.3. The van der Waals surface area contributed by atoms with Crippen molar-refractivity contribution in [3.05, 3.63) is 23.8 Å². The van der Waals surface area contributed by atoms with E-state index in [1.54, 1.807) is 0 Å². The fourth-order valence-corrected chi connectivity index (χ4v) is 2.68. The van der Waals surface area contributed by atoms with Crippen molar-refractivity contribution in [1.82, 2.24) is 5.32 Å². The molecule has 104 valence electrons. The first kappa shape index (κ1) is 12.6. The van der Waals surface area contributed by atoms with Crippen LogP contribution in [0.25, 0.3) is 0 Å². The van der Waals surface area contributed by atoms with Crippen molar-refractivity contribution in [2.45, 2.75) is 18.6 Å². The molecule has 0 aromatic heterocycles. The number of anilines is 1. The van der Waals surface area contributed by atoms with Crippen molar-refractivity contribution in [3.63, 3.8) is 0 Å². The lowest BCUT2D eigenvalue weighted by Gasteiger charge is -2.36. The number of rotatable bonds is 0. The van der Waals surface area contributed by atoms with Gasteiger partial charge in [0.25, 0.3) is 0 Å². The van der Waals surface area contributed by atoms with Crippen LogP contribution in [0.4, 0.5) is 18.9 Å². The van der Waals surface area contributed by atoms with Gasteiger partial charge in [-0.15, -0.1) is 0 Å². The summed E-state index contributed by atoms with van der Waals surface area (Å²) in [5.74, 6) is 0.553. The fourth-order valence-electron chi connectivity index (χ4n) is 2.68. The summed E-state index contributed by atoms with van der Waals surface area (Å²) in [5.41, 5.74) is -0.0483. The van der Waals surface area contributed by atoms with Gasteiger partial charge >= 0.3 is 6.18 Å². The number of nitrogens with zero attached hydrogens (tertiary/aromatic N) is 1. The molecule has 3 nitrogen and oxygen atoms in total. The predicted octanol–water partition coefficient (Wildman–Crippen LogP) is 2.27. The molecule has 1 aromatic carbocycles. The molecule has 0 radical (unpaired) electrons. The summed E-state index contributed by atoms with van der Waals surface area (Å²) < 4.78 is 44.0. The summed E-state index contributed by atoms with van der Waals surface area (Å²) in [5, 5.41) is 3.27. The van der Waals surface area contributed by atoms with Crippen LogP contribution in [0.15, 0.2) is 18.2 Å². The number of benzene rings is 1. The van der Waals surface area contributed by atoms with Crippen molar-refractivity contribution in [3.8, 4) is 5.75 Å². The average Bonchev–Trinajstić information content (AvgIpc) is 2.56. The van der Waals surface area contributed by atoms with E-state index in [4.69, 9.17) is 4.74 Å². The van der Waals surface area contributed by atoms with E-state index in [-0.39, 0.29) is 6.04 Å². The largest absolute Gasteiger partial charge is 0.491 e. The van der Waals surface area contributed by atoms with E-state index in [0.29, 0.717) is 24.6 Å². The van der Waals surface area contributed by atoms with Crippen LogP contribution in [0.1, 0.15) is 12.0 Å². The van der Waals surface area contributed by atoms with Gasteiger partial charge in [0.1, 0.15) is 5.75 Å². The van der Waals surface area contributed by atoms with Gasteiger partial charge in [0.15, 0.2) is 0 Å². The Morgan fingerprint density at radius 1 is 1.32 bits per heavy atom. The third kappa shape index (κ3) is 2.36. The van der Waals surface area contributed by atoms with Gasteiger partial charge in [0, 0.05) is 32.1 Å². The van der Waals surface area contributed by atoms with Crippen molar-refractivity contribution in [1.29, 1.82) is 0 Å². The van der Waals surface area contributed by atoms with Crippen LogP contribution >= 0.6 is 0 Å². The molecule has 1 saturated heterocycles. The van der Waals surface area contributed by atoms with E-state index < -0.39 is 11.7 Å². The minimum absolute atomic E-state index is 0.207. The summed E-state index contributed by atoms with van der Waals surface area (Å²) >= 11 is 0. The molecule has 0 amide bonds. The molecule has 2 heterocycles. The zero-order valence-corrected chi connectivity index (χ0v) is 10.3. The molecule has 1 unspecified atom stereocenters. The molecular formula is C13H15F3N2O. The minimum atomic E-state index is -4.31. The van der Waals surface area contributed by atoms with Crippen LogP contribution in [0.2, 0.25) is 0 Å². The highest BCUT2D eigenvalue weighted by Crippen LogP contribution is 2.39. The minimum Gasteiger partial charge on any atom is -0.491 e. The topological polar surface area (TPSA) is 24.5 Å². The Morgan fingerprint density at radius 2 is 2.16 bits per heavy atom. The SMILES string of the molecule is FC(F)(F)c1ccc2c(c1)N1CCNCC1CCO2. The maximum atomic E-state index is 12.8. The Hall–Kier alpha value is -1.43. The van der Waals surface area contributed by atoms with Gasteiger partial charge in [-0.2, -0.15) is 13.2 Å². The molecule has 0 saturated carbocycles. The Kier molecular flexibility index (Phi) is 3.05. The van der Waals surface area contributed by atoms with E-state index in [1.807, 2.05) is 4.90 Å². The Morgan fingerprint density at radius 3 is 2.95 bits per heavy atom. The Bertz CT molecular complexity index is 475. The molecule has 1 atom stereocenters. The van der Waals surface area contributed by atoms with Gasteiger partial charge in [-0.25, -0.2) is 0 Å². The normalized spacial score (nSPS) is 23.1. The summed E-state index contributed by atoms with van der Waals surface area (Å²) in [6.45, 7) is 2.83. The van der Waals surface area contributed by atoms with Gasteiger partial charge < -0.3 is 15.0 Å². The lowest BCUT2D eigenvalue weighted by atomic mass is 10.1. The van der Waals surface area contributed by atoms with Gasteiger partial charge in [0.05, 0.1) is 17.9 Å². The third-order valence-electron chi connectivity index (χ3n) is 3.65. The highest BCUT2D eigenvalue weighted by Gasteiger charge is 2.34. The number of nitrogens with one attached hydrogen (secondary N) is 1. The first-order chi connectivity index (χ1) is 9.05. The molecule has 0 bridgehead atoms.